The minimum Gasteiger partial charge on any atom is -0.492 e. The molecule has 0 saturated carbocycles. The molecule has 0 bridgehead atoms. The Kier molecular flexibility index (Phi) is 2.78. The summed E-state index contributed by atoms with van der Waals surface area (Å²) in [5, 5.41) is 9.19. The number of carboxylic acid groups (broad SMARTS) is 1. The van der Waals surface area contributed by atoms with Crippen LogP contribution < -0.4 is 10.3 Å². The monoisotopic (exact) mass is 275 g/mol. The lowest BCUT2D eigenvalue weighted by Crippen LogP contribution is -2.26. The van der Waals surface area contributed by atoms with Gasteiger partial charge in [0.25, 0.3) is 5.56 Å². The predicted octanol–water partition coefficient (Wildman–Crippen LogP) is 1.61. The number of carboxylic acids is 1. The molecule has 0 aliphatic carbocycles. The first-order valence-corrected chi connectivity index (χ1v) is 5.98. The molecule has 3 rings (SSSR count). The van der Waals surface area contributed by atoms with Crippen LogP contribution in [0.25, 0.3) is 5.69 Å². The highest BCUT2D eigenvalue weighted by Gasteiger charge is 2.26. The second-order valence-corrected chi connectivity index (χ2v) is 4.42. The van der Waals surface area contributed by atoms with Gasteiger partial charge in [0, 0.05) is 18.2 Å². The number of carbonyl (C=O) groups is 1. The highest BCUT2D eigenvalue weighted by molar-refractivity contribution is 5.91. The Morgan fingerprint density at radius 1 is 1.40 bits per heavy atom. The van der Waals surface area contributed by atoms with E-state index < -0.39 is 22.9 Å². The van der Waals surface area contributed by atoms with Crippen molar-refractivity contribution in [1.29, 1.82) is 0 Å². The number of fused-ring (bicyclic) bond motifs is 1. The third-order valence-electron chi connectivity index (χ3n) is 3.15. The van der Waals surface area contributed by atoms with E-state index in [1.54, 1.807) is 0 Å². The van der Waals surface area contributed by atoms with Crippen LogP contribution in [-0.2, 0) is 6.42 Å². The van der Waals surface area contributed by atoms with Crippen molar-refractivity contribution in [1.82, 2.24) is 4.57 Å². The highest BCUT2D eigenvalue weighted by atomic mass is 19.1. The maximum atomic E-state index is 13.3. The van der Waals surface area contributed by atoms with Crippen LogP contribution in [0.4, 0.5) is 4.39 Å². The lowest BCUT2D eigenvalue weighted by Gasteiger charge is -2.10. The average molecular weight is 275 g/mol. The fourth-order valence-corrected chi connectivity index (χ4v) is 2.26. The van der Waals surface area contributed by atoms with Gasteiger partial charge >= 0.3 is 5.97 Å². The van der Waals surface area contributed by atoms with Crippen molar-refractivity contribution in [2.24, 2.45) is 0 Å². The zero-order chi connectivity index (χ0) is 14.3. The van der Waals surface area contributed by atoms with Crippen molar-refractivity contribution >= 4 is 5.97 Å². The van der Waals surface area contributed by atoms with E-state index in [9.17, 15) is 19.1 Å². The number of aromatic nitrogens is 1. The zero-order valence-corrected chi connectivity index (χ0v) is 10.3. The maximum absolute atomic E-state index is 13.3. The molecule has 1 aliphatic heterocycles. The molecule has 0 spiro atoms. The number of nitrogens with zero attached hydrogens (tertiary/aromatic N) is 1. The lowest BCUT2D eigenvalue weighted by molar-refractivity contribution is 0.0691. The number of aromatic carboxylic acids is 1. The molecule has 0 fully saturated rings. The van der Waals surface area contributed by atoms with E-state index in [2.05, 4.69) is 0 Å². The number of hydrogen-bond donors (Lipinski definition) is 1. The SMILES string of the molecule is O=C(O)c1c2c(cn(-c3cccc(F)c3)c1=O)CCO2. The van der Waals surface area contributed by atoms with E-state index >= 15 is 0 Å². The fourth-order valence-electron chi connectivity index (χ4n) is 2.26. The zero-order valence-electron chi connectivity index (χ0n) is 10.3. The lowest BCUT2D eigenvalue weighted by atomic mass is 10.1. The molecule has 6 heteroatoms. The Hall–Kier alpha value is -2.63. The fraction of sp³-hybridized carbons (Fsp3) is 0.143. The Balaban J connectivity index is 2.30. The molecule has 20 heavy (non-hydrogen) atoms. The second kappa shape index (κ2) is 4.48. The Morgan fingerprint density at radius 3 is 2.90 bits per heavy atom. The first-order valence-electron chi connectivity index (χ1n) is 5.98. The molecule has 1 aromatic heterocycles. The Morgan fingerprint density at radius 2 is 2.20 bits per heavy atom. The summed E-state index contributed by atoms with van der Waals surface area (Å²) in [6.45, 7) is 0.336. The van der Waals surface area contributed by atoms with Gasteiger partial charge in [0.1, 0.15) is 11.6 Å². The minimum atomic E-state index is -1.35. The van der Waals surface area contributed by atoms with Crippen LogP contribution in [0.2, 0.25) is 0 Å². The van der Waals surface area contributed by atoms with Crippen molar-refractivity contribution < 1.29 is 19.0 Å². The molecule has 0 amide bonds. The first kappa shape index (κ1) is 12.4. The van der Waals surface area contributed by atoms with Crippen molar-refractivity contribution in [2.75, 3.05) is 6.61 Å². The van der Waals surface area contributed by atoms with Gasteiger partial charge in [-0.25, -0.2) is 9.18 Å². The number of ether oxygens (including phenoxy) is 1. The van der Waals surface area contributed by atoms with Gasteiger partial charge in [0.05, 0.1) is 12.3 Å². The van der Waals surface area contributed by atoms with Crippen LogP contribution in [0.15, 0.2) is 35.3 Å². The number of rotatable bonds is 2. The molecule has 1 N–H and O–H groups in total. The molecule has 1 aliphatic rings. The van der Waals surface area contributed by atoms with Crippen LogP contribution in [0.3, 0.4) is 0 Å². The topological polar surface area (TPSA) is 68.5 Å². The number of pyridine rings is 1. The summed E-state index contributed by atoms with van der Waals surface area (Å²) in [5.41, 5.74) is -0.230. The molecule has 0 radical (unpaired) electrons. The van der Waals surface area contributed by atoms with Crippen LogP contribution in [-0.4, -0.2) is 22.2 Å². The summed E-state index contributed by atoms with van der Waals surface area (Å²) in [5.74, 6) is -1.72. The van der Waals surface area contributed by atoms with E-state index in [1.165, 1.54) is 30.5 Å². The molecule has 2 heterocycles. The molecular formula is C14H10FNO4. The molecule has 1 aromatic carbocycles. The number of halogens is 1. The van der Waals surface area contributed by atoms with Gasteiger partial charge in [-0.3, -0.25) is 9.36 Å². The van der Waals surface area contributed by atoms with Crippen LogP contribution in [0.5, 0.6) is 5.75 Å². The number of benzene rings is 1. The minimum absolute atomic E-state index is 0.121. The molecule has 2 aromatic rings. The van der Waals surface area contributed by atoms with E-state index in [0.717, 1.165) is 4.57 Å². The first-order chi connectivity index (χ1) is 9.58. The highest BCUT2D eigenvalue weighted by Crippen LogP contribution is 2.28. The average Bonchev–Trinajstić information content (AvgIpc) is 2.85. The van der Waals surface area contributed by atoms with Crippen molar-refractivity contribution in [3.05, 3.63) is 57.8 Å². The van der Waals surface area contributed by atoms with Gasteiger partial charge in [-0.15, -0.1) is 0 Å². The molecule has 5 nitrogen and oxygen atoms in total. The maximum Gasteiger partial charge on any atom is 0.345 e. The summed E-state index contributed by atoms with van der Waals surface area (Å²) >= 11 is 0. The standard InChI is InChI=1S/C14H10FNO4/c15-9-2-1-3-10(6-9)16-7-8-4-5-20-12(8)11(13(16)17)14(18)19/h1-3,6-7H,4-5H2,(H,18,19). The second-order valence-electron chi connectivity index (χ2n) is 4.42. The van der Waals surface area contributed by atoms with Gasteiger partial charge in [-0.1, -0.05) is 6.07 Å². The normalized spacial score (nSPS) is 12.8. The molecule has 0 saturated heterocycles. The van der Waals surface area contributed by atoms with E-state index in [0.29, 0.717) is 18.6 Å². The molecule has 102 valence electrons. The third-order valence-corrected chi connectivity index (χ3v) is 3.15. The van der Waals surface area contributed by atoms with Gasteiger partial charge in [0.2, 0.25) is 0 Å². The van der Waals surface area contributed by atoms with Crippen molar-refractivity contribution in [3.8, 4) is 11.4 Å². The summed E-state index contributed by atoms with van der Waals surface area (Å²) in [6, 6.07) is 5.43. The van der Waals surface area contributed by atoms with E-state index in [-0.39, 0.29) is 11.4 Å². The summed E-state index contributed by atoms with van der Waals surface area (Å²) in [7, 11) is 0. The van der Waals surface area contributed by atoms with Crippen LogP contribution in [0.1, 0.15) is 15.9 Å². The van der Waals surface area contributed by atoms with E-state index in [1.807, 2.05) is 0 Å². The molecule has 0 unspecified atom stereocenters. The summed E-state index contributed by atoms with van der Waals surface area (Å²) < 4.78 is 19.6. The van der Waals surface area contributed by atoms with Crippen LogP contribution in [0, 0.1) is 5.82 Å². The van der Waals surface area contributed by atoms with Gasteiger partial charge in [-0.2, -0.15) is 0 Å². The van der Waals surface area contributed by atoms with E-state index in [4.69, 9.17) is 4.74 Å². The van der Waals surface area contributed by atoms with Crippen LogP contribution >= 0.6 is 0 Å². The van der Waals surface area contributed by atoms with Crippen molar-refractivity contribution in [3.63, 3.8) is 0 Å². The Bertz CT molecular complexity index is 766. The predicted molar refractivity (Wildman–Crippen MR) is 68.2 cm³/mol. The van der Waals surface area contributed by atoms with Crippen molar-refractivity contribution in [2.45, 2.75) is 6.42 Å². The molecule has 0 atom stereocenters. The Labute approximate surface area is 112 Å². The molecular weight excluding hydrogens is 265 g/mol. The number of hydrogen-bond acceptors (Lipinski definition) is 3. The smallest absolute Gasteiger partial charge is 0.345 e. The quantitative estimate of drug-likeness (QED) is 0.904. The van der Waals surface area contributed by atoms with Gasteiger partial charge < -0.3 is 9.84 Å². The van der Waals surface area contributed by atoms with Gasteiger partial charge in [0.15, 0.2) is 5.56 Å². The largest absolute Gasteiger partial charge is 0.492 e. The third kappa shape index (κ3) is 1.85. The summed E-state index contributed by atoms with van der Waals surface area (Å²) in [6.07, 6.45) is 2.02. The van der Waals surface area contributed by atoms with Gasteiger partial charge in [-0.05, 0) is 18.2 Å². The summed E-state index contributed by atoms with van der Waals surface area (Å²) in [4.78, 5) is 23.5.